The Bertz CT molecular complexity index is 520. The van der Waals surface area contributed by atoms with Crippen molar-refractivity contribution in [3.05, 3.63) is 24.0 Å². The summed E-state index contributed by atoms with van der Waals surface area (Å²) in [5.74, 6) is 7.55. The van der Waals surface area contributed by atoms with Gasteiger partial charge in [0.05, 0.1) is 6.54 Å². The standard InChI is InChI=1S/C10H16N8/c1-3-18-6-15-17-8(18)4-12-9-7(2)10(16-11)14-5-13-9/h5-6H,3-4,11H2,1-2H3,(H2,12,13,14,16). The summed E-state index contributed by atoms with van der Waals surface area (Å²) in [6, 6.07) is 0. The molecule has 2 heterocycles. The number of nitrogens with zero attached hydrogens (tertiary/aromatic N) is 5. The van der Waals surface area contributed by atoms with Crippen molar-refractivity contribution in [1.82, 2.24) is 24.7 Å². The Kier molecular flexibility index (Phi) is 3.68. The molecule has 0 radical (unpaired) electrons. The van der Waals surface area contributed by atoms with E-state index in [-0.39, 0.29) is 0 Å². The van der Waals surface area contributed by atoms with Gasteiger partial charge in [0.2, 0.25) is 0 Å². The second-order valence-corrected chi connectivity index (χ2v) is 3.73. The van der Waals surface area contributed by atoms with E-state index in [2.05, 4.69) is 30.9 Å². The SMILES string of the molecule is CCn1cnnc1CNc1ncnc(NN)c1C. The topological polar surface area (TPSA) is 107 Å². The van der Waals surface area contributed by atoms with Crippen molar-refractivity contribution < 1.29 is 0 Å². The number of aryl methyl sites for hydroxylation is 1. The monoisotopic (exact) mass is 248 g/mol. The van der Waals surface area contributed by atoms with Crippen molar-refractivity contribution in [1.29, 1.82) is 0 Å². The first-order chi connectivity index (χ1) is 8.76. The van der Waals surface area contributed by atoms with Gasteiger partial charge in [-0.05, 0) is 13.8 Å². The van der Waals surface area contributed by atoms with Crippen molar-refractivity contribution in [2.24, 2.45) is 5.84 Å². The highest BCUT2D eigenvalue weighted by Gasteiger charge is 2.07. The summed E-state index contributed by atoms with van der Waals surface area (Å²) in [6.07, 6.45) is 3.16. The van der Waals surface area contributed by atoms with Gasteiger partial charge in [-0.15, -0.1) is 10.2 Å². The number of nitrogen functional groups attached to an aromatic ring is 1. The Morgan fingerprint density at radius 1 is 1.33 bits per heavy atom. The molecule has 0 spiro atoms. The number of hydrazine groups is 1. The number of hydrogen-bond donors (Lipinski definition) is 3. The number of hydrogen-bond acceptors (Lipinski definition) is 7. The van der Waals surface area contributed by atoms with E-state index in [0.29, 0.717) is 12.4 Å². The molecule has 0 amide bonds. The number of rotatable bonds is 5. The van der Waals surface area contributed by atoms with Crippen molar-refractivity contribution >= 4 is 11.6 Å². The van der Waals surface area contributed by atoms with E-state index in [9.17, 15) is 0 Å². The molecule has 4 N–H and O–H groups in total. The molecule has 2 aromatic heterocycles. The average molecular weight is 248 g/mol. The average Bonchev–Trinajstić information content (AvgIpc) is 2.85. The third-order valence-corrected chi connectivity index (χ3v) is 2.67. The van der Waals surface area contributed by atoms with Crippen LogP contribution in [-0.2, 0) is 13.1 Å². The third kappa shape index (κ3) is 2.38. The molecular weight excluding hydrogens is 232 g/mol. The highest BCUT2D eigenvalue weighted by molar-refractivity contribution is 5.55. The summed E-state index contributed by atoms with van der Waals surface area (Å²) >= 11 is 0. The lowest BCUT2D eigenvalue weighted by molar-refractivity contribution is 0.707. The van der Waals surface area contributed by atoms with Crippen LogP contribution in [0.15, 0.2) is 12.7 Å². The largest absolute Gasteiger partial charge is 0.362 e. The van der Waals surface area contributed by atoms with E-state index in [1.165, 1.54) is 6.33 Å². The van der Waals surface area contributed by atoms with Gasteiger partial charge in [-0.25, -0.2) is 15.8 Å². The predicted molar refractivity (Wildman–Crippen MR) is 67.6 cm³/mol. The highest BCUT2D eigenvalue weighted by Crippen LogP contribution is 2.17. The zero-order valence-corrected chi connectivity index (χ0v) is 10.4. The maximum absolute atomic E-state index is 5.36. The number of aromatic nitrogens is 5. The van der Waals surface area contributed by atoms with Crippen LogP contribution in [0.25, 0.3) is 0 Å². The molecule has 2 rings (SSSR count). The van der Waals surface area contributed by atoms with E-state index in [1.54, 1.807) is 6.33 Å². The molecule has 0 aliphatic carbocycles. The Hall–Kier alpha value is -2.22. The molecule has 0 atom stereocenters. The van der Waals surface area contributed by atoms with Crippen LogP contribution in [0.2, 0.25) is 0 Å². The summed E-state index contributed by atoms with van der Waals surface area (Å²) in [7, 11) is 0. The molecule has 0 bridgehead atoms. The fourth-order valence-electron chi connectivity index (χ4n) is 1.62. The summed E-state index contributed by atoms with van der Waals surface area (Å²) in [6.45, 7) is 5.32. The van der Waals surface area contributed by atoms with Gasteiger partial charge < -0.3 is 15.3 Å². The summed E-state index contributed by atoms with van der Waals surface area (Å²) in [5.41, 5.74) is 3.39. The first-order valence-corrected chi connectivity index (χ1v) is 5.65. The Morgan fingerprint density at radius 2 is 2.11 bits per heavy atom. The number of nitrogens with two attached hydrogens (primary N) is 1. The van der Waals surface area contributed by atoms with Crippen LogP contribution in [0.3, 0.4) is 0 Å². The minimum Gasteiger partial charge on any atom is -0.362 e. The maximum Gasteiger partial charge on any atom is 0.152 e. The summed E-state index contributed by atoms with van der Waals surface area (Å²) in [5, 5.41) is 11.1. The van der Waals surface area contributed by atoms with Crippen molar-refractivity contribution in [3.63, 3.8) is 0 Å². The zero-order valence-electron chi connectivity index (χ0n) is 10.4. The van der Waals surface area contributed by atoms with Gasteiger partial charge in [-0.2, -0.15) is 0 Å². The molecule has 0 fully saturated rings. The molecule has 96 valence electrons. The van der Waals surface area contributed by atoms with E-state index in [4.69, 9.17) is 5.84 Å². The number of nitrogens with one attached hydrogen (secondary N) is 2. The number of anilines is 2. The molecule has 0 aliphatic heterocycles. The lowest BCUT2D eigenvalue weighted by Gasteiger charge is -2.10. The van der Waals surface area contributed by atoms with E-state index in [0.717, 1.165) is 23.8 Å². The molecule has 18 heavy (non-hydrogen) atoms. The third-order valence-electron chi connectivity index (χ3n) is 2.67. The van der Waals surface area contributed by atoms with Gasteiger partial charge >= 0.3 is 0 Å². The quantitative estimate of drug-likeness (QED) is 0.516. The van der Waals surface area contributed by atoms with Crippen LogP contribution in [0, 0.1) is 6.92 Å². The molecule has 0 saturated carbocycles. The van der Waals surface area contributed by atoms with E-state index >= 15 is 0 Å². The van der Waals surface area contributed by atoms with Gasteiger partial charge in [-0.3, -0.25) is 0 Å². The molecule has 8 heteroatoms. The fourth-order valence-corrected chi connectivity index (χ4v) is 1.62. The second kappa shape index (κ2) is 5.41. The lowest BCUT2D eigenvalue weighted by atomic mass is 10.3. The van der Waals surface area contributed by atoms with E-state index < -0.39 is 0 Å². The van der Waals surface area contributed by atoms with Crippen molar-refractivity contribution in [3.8, 4) is 0 Å². The Balaban J connectivity index is 2.11. The second-order valence-electron chi connectivity index (χ2n) is 3.73. The first-order valence-electron chi connectivity index (χ1n) is 5.65. The minimum atomic E-state index is 0.551. The molecular formula is C10H16N8. The normalized spacial score (nSPS) is 10.4. The first kappa shape index (κ1) is 12.2. The van der Waals surface area contributed by atoms with Gasteiger partial charge in [0.15, 0.2) is 5.82 Å². The maximum atomic E-state index is 5.36. The van der Waals surface area contributed by atoms with Crippen LogP contribution >= 0.6 is 0 Å². The van der Waals surface area contributed by atoms with Crippen molar-refractivity contribution in [2.45, 2.75) is 26.9 Å². The van der Waals surface area contributed by atoms with Gasteiger partial charge in [0.1, 0.15) is 24.3 Å². The molecule has 0 aromatic carbocycles. The van der Waals surface area contributed by atoms with Crippen LogP contribution in [0.4, 0.5) is 11.6 Å². The van der Waals surface area contributed by atoms with Crippen LogP contribution in [0.5, 0.6) is 0 Å². The van der Waals surface area contributed by atoms with Crippen LogP contribution in [0.1, 0.15) is 18.3 Å². The lowest BCUT2D eigenvalue weighted by Crippen LogP contribution is -2.13. The molecule has 2 aromatic rings. The highest BCUT2D eigenvalue weighted by atomic mass is 15.3. The Morgan fingerprint density at radius 3 is 2.83 bits per heavy atom. The van der Waals surface area contributed by atoms with E-state index in [1.807, 2.05) is 18.4 Å². The van der Waals surface area contributed by atoms with Gasteiger partial charge in [-0.1, -0.05) is 0 Å². The molecule has 0 unspecified atom stereocenters. The molecule has 8 nitrogen and oxygen atoms in total. The predicted octanol–water partition coefficient (Wildman–Crippen LogP) is 0.294. The minimum absolute atomic E-state index is 0.551. The Labute approximate surface area is 105 Å². The van der Waals surface area contributed by atoms with Gasteiger partial charge in [0, 0.05) is 12.1 Å². The smallest absolute Gasteiger partial charge is 0.152 e. The van der Waals surface area contributed by atoms with Crippen molar-refractivity contribution in [2.75, 3.05) is 10.7 Å². The molecule has 0 aliphatic rings. The zero-order chi connectivity index (χ0) is 13.0. The van der Waals surface area contributed by atoms with Crippen LogP contribution in [-0.4, -0.2) is 24.7 Å². The summed E-state index contributed by atoms with van der Waals surface area (Å²) < 4.78 is 1.96. The fraction of sp³-hybridized carbons (Fsp3) is 0.400. The van der Waals surface area contributed by atoms with Gasteiger partial charge in [0.25, 0.3) is 0 Å². The molecule has 0 saturated heterocycles. The summed E-state index contributed by atoms with van der Waals surface area (Å²) in [4.78, 5) is 8.18. The van der Waals surface area contributed by atoms with Crippen LogP contribution < -0.4 is 16.6 Å².